The minimum atomic E-state index is -4.66. The fourth-order valence-corrected chi connectivity index (χ4v) is 2.90. The van der Waals surface area contributed by atoms with E-state index in [1.54, 1.807) is 0 Å². The first-order valence-electron chi connectivity index (χ1n) is 6.00. The summed E-state index contributed by atoms with van der Waals surface area (Å²) in [6.07, 6.45) is -4.66. The van der Waals surface area contributed by atoms with Gasteiger partial charge < -0.3 is 4.72 Å². The molecule has 0 saturated carbocycles. The zero-order valence-corrected chi connectivity index (χ0v) is 12.0. The van der Waals surface area contributed by atoms with Crippen molar-refractivity contribution in [1.29, 1.82) is 0 Å². The summed E-state index contributed by atoms with van der Waals surface area (Å²) in [5.41, 5.74) is -2.25. The lowest BCUT2D eigenvalue weighted by Crippen LogP contribution is -2.05. The van der Waals surface area contributed by atoms with Gasteiger partial charge in [-0.2, -0.15) is 13.2 Å². The summed E-state index contributed by atoms with van der Waals surface area (Å²) in [7, 11) is -4.54. The number of hydrogen-bond donors (Lipinski definition) is 0. The second-order valence-electron chi connectivity index (χ2n) is 4.34. The van der Waals surface area contributed by atoms with Gasteiger partial charge in [-0.1, -0.05) is 36.4 Å². The second kappa shape index (κ2) is 5.88. The lowest BCUT2D eigenvalue weighted by molar-refractivity contribution is -0.387. The Labute approximate surface area is 128 Å². The Bertz CT molecular complexity index is 850. The molecular weight excluding hydrogens is 337 g/mol. The van der Waals surface area contributed by atoms with Gasteiger partial charge in [0.15, 0.2) is 0 Å². The topological polar surface area (TPSA) is 91.4 Å². The highest BCUT2D eigenvalue weighted by molar-refractivity contribution is 7.94. The van der Waals surface area contributed by atoms with E-state index >= 15 is 0 Å². The Balaban J connectivity index is 2.42. The number of nitro benzene ring substituents is 1. The normalized spacial score (nSPS) is 12.0. The highest BCUT2D eigenvalue weighted by atomic mass is 32.2. The predicted octanol–water partition coefficient (Wildman–Crippen LogP) is 4.01. The Hall–Kier alpha value is -2.62. The highest BCUT2D eigenvalue weighted by Gasteiger charge is 2.30. The molecule has 0 aliphatic rings. The number of nitrogens with zero attached hydrogens (tertiary/aromatic N) is 2. The van der Waals surface area contributed by atoms with Crippen LogP contribution in [0, 0.1) is 10.1 Å². The molecule has 0 fully saturated rings. The third-order valence-electron chi connectivity index (χ3n) is 2.74. The molecule has 6 nitrogen and oxygen atoms in total. The van der Waals surface area contributed by atoms with E-state index in [9.17, 15) is 31.7 Å². The molecule has 0 amide bonds. The van der Waals surface area contributed by atoms with Gasteiger partial charge in [-0.15, -0.1) is 5.69 Å². The van der Waals surface area contributed by atoms with E-state index in [-0.39, 0.29) is 0 Å². The molecule has 0 heterocycles. The molecule has 0 radical (unpaired) electrons. The van der Waals surface area contributed by atoms with Gasteiger partial charge in [0, 0.05) is 6.07 Å². The summed E-state index contributed by atoms with van der Waals surface area (Å²) in [6, 6.07) is 7.81. The molecule has 2 aromatic rings. The van der Waals surface area contributed by atoms with Crippen molar-refractivity contribution in [2.75, 3.05) is 0 Å². The number of rotatable bonds is 4. The summed E-state index contributed by atoms with van der Waals surface area (Å²) in [4.78, 5) is 9.26. The van der Waals surface area contributed by atoms with E-state index in [0.29, 0.717) is 6.07 Å². The Morgan fingerprint density at radius 1 is 1.04 bits per heavy atom. The van der Waals surface area contributed by atoms with Gasteiger partial charge >= 0.3 is 6.18 Å². The van der Waals surface area contributed by atoms with Gasteiger partial charge in [0.1, 0.15) is 14.9 Å². The molecule has 0 spiro atoms. The van der Waals surface area contributed by atoms with Crippen LogP contribution in [0.25, 0.3) is 4.72 Å². The van der Waals surface area contributed by atoms with Crippen LogP contribution < -0.4 is 0 Å². The summed E-state index contributed by atoms with van der Waals surface area (Å²) in [5, 5.41) is 10.9. The SMILES string of the molecule is O=[N+]([O-])c1ccccc1S(=O)(=O)[N-]c1cccc(C(F)(F)F)c1. The molecule has 2 aromatic carbocycles. The third kappa shape index (κ3) is 3.77. The molecule has 0 aromatic heterocycles. The van der Waals surface area contributed by atoms with Crippen LogP contribution in [0.4, 0.5) is 24.5 Å². The lowest BCUT2D eigenvalue weighted by Gasteiger charge is -2.22. The Kier molecular flexibility index (Phi) is 4.28. The second-order valence-corrected chi connectivity index (χ2v) is 5.91. The summed E-state index contributed by atoms with van der Waals surface area (Å²) in [5.74, 6) is 0. The average molecular weight is 345 g/mol. The maximum Gasteiger partial charge on any atom is 0.416 e. The lowest BCUT2D eigenvalue weighted by atomic mass is 10.2. The van der Waals surface area contributed by atoms with E-state index < -0.39 is 43.0 Å². The van der Waals surface area contributed by atoms with Crippen molar-refractivity contribution >= 4 is 21.4 Å². The van der Waals surface area contributed by atoms with Gasteiger partial charge in [-0.05, 0) is 6.07 Å². The van der Waals surface area contributed by atoms with E-state index in [4.69, 9.17) is 0 Å². The molecule has 0 aliphatic heterocycles. The smallest absolute Gasteiger partial charge is 0.416 e. The fraction of sp³-hybridized carbons (Fsp3) is 0.0769. The molecule has 0 saturated heterocycles. The Morgan fingerprint density at radius 2 is 1.70 bits per heavy atom. The maximum absolute atomic E-state index is 12.6. The molecule has 0 atom stereocenters. The monoisotopic (exact) mass is 345 g/mol. The molecule has 0 unspecified atom stereocenters. The van der Waals surface area contributed by atoms with Crippen LogP contribution in [-0.2, 0) is 16.2 Å². The summed E-state index contributed by atoms with van der Waals surface area (Å²) in [6.45, 7) is 0. The molecule has 0 N–H and O–H groups in total. The molecule has 0 aliphatic carbocycles. The molecule has 23 heavy (non-hydrogen) atoms. The largest absolute Gasteiger partial charge is 0.572 e. The zero-order valence-electron chi connectivity index (χ0n) is 11.2. The number of para-hydroxylation sites is 1. The van der Waals surface area contributed by atoms with Gasteiger partial charge in [-0.25, -0.2) is 8.42 Å². The standard InChI is InChI=1S/C13H8F3N2O4S/c14-13(15,16)9-4-3-5-10(8-9)17-23(21,22)12-7-2-1-6-11(12)18(19)20/h1-8H/q-1. The molecule has 2 rings (SSSR count). The molecule has 10 heteroatoms. The number of benzene rings is 2. The van der Waals surface area contributed by atoms with E-state index in [0.717, 1.165) is 30.3 Å². The summed E-state index contributed by atoms with van der Waals surface area (Å²) >= 11 is 0. The Morgan fingerprint density at radius 3 is 2.30 bits per heavy atom. The quantitative estimate of drug-likeness (QED) is 0.618. The first kappa shape index (κ1) is 16.7. The number of hydrogen-bond acceptors (Lipinski definition) is 4. The first-order chi connectivity index (χ1) is 10.6. The number of nitro groups is 1. The van der Waals surface area contributed by atoms with Crippen molar-refractivity contribution in [3.8, 4) is 0 Å². The van der Waals surface area contributed by atoms with E-state index in [1.165, 1.54) is 12.1 Å². The maximum atomic E-state index is 12.6. The van der Waals surface area contributed by atoms with Crippen molar-refractivity contribution in [3.63, 3.8) is 0 Å². The molecule has 0 bridgehead atoms. The van der Waals surface area contributed by atoms with Crippen LogP contribution in [0.2, 0.25) is 0 Å². The van der Waals surface area contributed by atoms with E-state index in [1.807, 2.05) is 0 Å². The van der Waals surface area contributed by atoms with Crippen LogP contribution in [0.15, 0.2) is 53.4 Å². The fourth-order valence-electron chi connectivity index (χ4n) is 1.75. The van der Waals surface area contributed by atoms with Crippen molar-refractivity contribution < 1.29 is 26.5 Å². The van der Waals surface area contributed by atoms with Gasteiger partial charge in [0.2, 0.25) is 0 Å². The van der Waals surface area contributed by atoms with Crippen molar-refractivity contribution in [2.45, 2.75) is 11.1 Å². The van der Waals surface area contributed by atoms with Crippen LogP contribution in [0.5, 0.6) is 0 Å². The molecule has 122 valence electrons. The number of alkyl halides is 3. The first-order valence-corrected chi connectivity index (χ1v) is 7.44. The van der Waals surface area contributed by atoms with Crippen LogP contribution >= 0.6 is 0 Å². The van der Waals surface area contributed by atoms with Crippen molar-refractivity contribution in [3.05, 3.63) is 68.9 Å². The van der Waals surface area contributed by atoms with Gasteiger partial charge in [0.05, 0.1) is 10.5 Å². The highest BCUT2D eigenvalue weighted by Crippen LogP contribution is 2.36. The average Bonchev–Trinajstić information content (AvgIpc) is 2.46. The zero-order chi connectivity index (χ0) is 17.3. The van der Waals surface area contributed by atoms with Crippen LogP contribution in [-0.4, -0.2) is 13.3 Å². The molecular formula is C13H8F3N2O4S-. The van der Waals surface area contributed by atoms with Gasteiger partial charge in [-0.3, -0.25) is 10.1 Å². The van der Waals surface area contributed by atoms with Crippen LogP contribution in [0.1, 0.15) is 5.56 Å². The van der Waals surface area contributed by atoms with Crippen molar-refractivity contribution in [1.82, 2.24) is 0 Å². The minimum absolute atomic E-state index is 0.474. The van der Waals surface area contributed by atoms with Gasteiger partial charge in [0.25, 0.3) is 5.69 Å². The predicted molar refractivity (Wildman–Crippen MR) is 74.7 cm³/mol. The third-order valence-corrected chi connectivity index (χ3v) is 4.09. The van der Waals surface area contributed by atoms with Crippen molar-refractivity contribution in [2.24, 2.45) is 0 Å². The number of halogens is 3. The van der Waals surface area contributed by atoms with Crippen LogP contribution in [0.3, 0.4) is 0 Å². The van der Waals surface area contributed by atoms with E-state index in [2.05, 4.69) is 4.72 Å². The summed E-state index contributed by atoms with van der Waals surface area (Å²) < 4.78 is 65.4. The number of sulfonamides is 1. The minimum Gasteiger partial charge on any atom is -0.572 e.